The lowest BCUT2D eigenvalue weighted by atomic mass is 9.34. The first kappa shape index (κ1) is 30.6. The topological polar surface area (TPSA) is 121 Å². The summed E-state index contributed by atoms with van der Waals surface area (Å²) in [6.45, 7) is 7.63. The van der Waals surface area contributed by atoms with Crippen LogP contribution in [0.25, 0.3) is 10.9 Å². The zero-order chi connectivity index (χ0) is 33.2. The molecule has 7 aliphatic rings. The van der Waals surface area contributed by atoms with Crippen LogP contribution in [-0.4, -0.2) is 64.5 Å². The van der Waals surface area contributed by atoms with Crippen molar-refractivity contribution in [2.24, 2.45) is 22.7 Å². The smallest absolute Gasteiger partial charge is 0.308 e. The third-order valence-electron chi connectivity index (χ3n) is 11.2. The maximum atomic E-state index is 14.4. The molecule has 0 saturated heterocycles. The van der Waals surface area contributed by atoms with Crippen LogP contribution in [0, 0.1) is 29.6 Å². The van der Waals surface area contributed by atoms with Crippen molar-refractivity contribution in [3.05, 3.63) is 58.3 Å². The maximum Gasteiger partial charge on any atom is 0.308 e. The highest BCUT2D eigenvalue weighted by Gasteiger charge is 2.76. The number of benzene rings is 1. The second-order valence-corrected chi connectivity index (χ2v) is 14.9. The molecule has 3 aliphatic heterocycles. The second kappa shape index (κ2) is 10.4. The minimum atomic E-state index is -0.633. The van der Waals surface area contributed by atoms with E-state index in [-0.39, 0.29) is 35.6 Å². The van der Waals surface area contributed by atoms with Gasteiger partial charge in [-0.05, 0) is 61.6 Å². The Morgan fingerprint density at radius 1 is 0.936 bits per heavy atom. The van der Waals surface area contributed by atoms with Crippen LogP contribution >= 0.6 is 23.2 Å². The van der Waals surface area contributed by atoms with E-state index in [0.29, 0.717) is 66.8 Å². The van der Waals surface area contributed by atoms with Crippen LogP contribution in [0.1, 0.15) is 57.1 Å². The van der Waals surface area contributed by atoms with Crippen molar-refractivity contribution in [2.75, 3.05) is 29.7 Å². The third kappa shape index (κ3) is 4.16. The van der Waals surface area contributed by atoms with Crippen LogP contribution in [0.4, 0.5) is 5.69 Å². The van der Waals surface area contributed by atoms with Crippen LogP contribution in [0.3, 0.4) is 0 Å². The fraction of sp³-hybridized carbons (Fsp3) is 0.486. The number of ether oxygens (including phenoxy) is 2. The molecule has 1 aromatic heterocycles. The molecule has 3 saturated carbocycles. The van der Waals surface area contributed by atoms with Gasteiger partial charge in [0.2, 0.25) is 11.8 Å². The molecule has 2 aromatic rings. The van der Waals surface area contributed by atoms with Gasteiger partial charge in [0.1, 0.15) is 5.76 Å². The number of carbonyl (C=O) groups is 4. The van der Waals surface area contributed by atoms with E-state index in [1.54, 1.807) is 11.0 Å². The average Bonchev–Trinajstić information content (AvgIpc) is 3.74. The van der Waals surface area contributed by atoms with Gasteiger partial charge in [-0.15, -0.1) is 23.2 Å². The summed E-state index contributed by atoms with van der Waals surface area (Å²) in [4.78, 5) is 59.6. The first-order valence-corrected chi connectivity index (χ1v) is 17.1. The number of anilines is 1. The number of rotatable bonds is 6. The van der Waals surface area contributed by atoms with E-state index in [2.05, 4.69) is 10.3 Å². The number of aryl methyl sites for hydroxylation is 1. The Kier molecular flexibility index (Phi) is 6.74. The number of nitrogens with one attached hydrogen (secondary N) is 2. The van der Waals surface area contributed by atoms with E-state index in [9.17, 15) is 19.2 Å². The molecule has 4 aliphatic carbocycles. The predicted molar refractivity (Wildman–Crippen MR) is 176 cm³/mol. The number of esters is 2. The third-order valence-corrected chi connectivity index (χ3v) is 12.0. The number of aromatic nitrogens is 1. The average molecular weight is 680 g/mol. The number of aromatic amines is 1. The summed E-state index contributed by atoms with van der Waals surface area (Å²) in [5.74, 6) is 0.529. The summed E-state index contributed by atoms with van der Waals surface area (Å²) in [5, 5.41) is 4.27. The molecule has 12 heteroatoms. The molecule has 2 N–H and O–H groups in total. The maximum absolute atomic E-state index is 14.4. The van der Waals surface area contributed by atoms with Gasteiger partial charge < -0.3 is 29.6 Å². The predicted octanol–water partition coefficient (Wildman–Crippen LogP) is 5.14. The quantitative estimate of drug-likeness (QED) is 0.246. The normalized spacial score (nSPS) is 31.3. The Bertz CT molecular complexity index is 1890. The van der Waals surface area contributed by atoms with Gasteiger partial charge >= 0.3 is 11.9 Å². The standard InChI is InChI=1S/C35H36Cl2N4O6/c1-16-9-38-30-24(46-18(3)42)5-22-28(26(16)30)20(7-36)11-40(22)32(44)34-13-35(14-34,15-34)33(45)41-12-21(8-37)29-23(41)6-25(47-19(4)43)31-27(29)17(2)10-39-31/h5-6,9-10,20-21,26,30,38-39H,7-8,11-15H2,1-4H3. The monoisotopic (exact) mass is 678 g/mol. The molecule has 4 unspecified atom stereocenters. The zero-order valence-electron chi connectivity index (χ0n) is 26.7. The number of amides is 2. The molecule has 2 amide bonds. The second-order valence-electron chi connectivity index (χ2n) is 14.2. The number of H-pyrrole nitrogens is 1. The largest absolute Gasteiger partial charge is 0.429 e. The Hall–Kier alpha value is -3.76. The number of carbonyl (C=O) groups excluding carboxylic acids is 4. The van der Waals surface area contributed by atoms with E-state index in [4.69, 9.17) is 32.7 Å². The number of hydrogen-bond donors (Lipinski definition) is 2. The molecular weight excluding hydrogens is 643 g/mol. The highest BCUT2D eigenvalue weighted by atomic mass is 35.5. The molecule has 4 atom stereocenters. The Morgan fingerprint density at radius 3 is 2.21 bits per heavy atom. The van der Waals surface area contributed by atoms with Crippen LogP contribution in [0.2, 0.25) is 0 Å². The lowest BCUT2D eigenvalue weighted by molar-refractivity contribution is -0.212. The van der Waals surface area contributed by atoms with E-state index >= 15 is 0 Å². The van der Waals surface area contributed by atoms with Crippen molar-refractivity contribution in [1.82, 2.24) is 15.2 Å². The molecule has 9 rings (SSSR count). The summed E-state index contributed by atoms with van der Waals surface area (Å²) < 4.78 is 11.2. The van der Waals surface area contributed by atoms with Gasteiger partial charge in [-0.25, -0.2) is 0 Å². The minimum absolute atomic E-state index is 0.000914. The SMILES string of the molecule is CC(=O)OC1=CC2=C(C(CCl)CN2C(=O)C23CC(C(=O)N4CC(CCl)c5c4cc(OC(C)=O)c4[nH]cc(C)c54)(C2)C3)C2C(C)=CNC12. The lowest BCUT2D eigenvalue weighted by Gasteiger charge is -2.69. The van der Waals surface area contributed by atoms with Gasteiger partial charge in [-0.3, -0.25) is 19.2 Å². The Morgan fingerprint density at radius 2 is 1.57 bits per heavy atom. The first-order valence-electron chi connectivity index (χ1n) is 16.1. The molecule has 246 valence electrons. The van der Waals surface area contributed by atoms with Crippen molar-refractivity contribution in [1.29, 1.82) is 0 Å². The molecule has 0 spiro atoms. The van der Waals surface area contributed by atoms with E-state index < -0.39 is 22.8 Å². The van der Waals surface area contributed by atoms with Gasteiger partial charge in [0.15, 0.2) is 5.75 Å². The fourth-order valence-corrected chi connectivity index (χ4v) is 9.90. The molecule has 10 nitrogen and oxygen atoms in total. The Labute approximate surface area is 282 Å². The van der Waals surface area contributed by atoms with E-state index in [0.717, 1.165) is 33.4 Å². The van der Waals surface area contributed by atoms with Gasteiger partial charge in [0.05, 0.1) is 28.1 Å². The van der Waals surface area contributed by atoms with Gasteiger partial charge in [-0.1, -0.05) is 0 Å². The summed E-state index contributed by atoms with van der Waals surface area (Å²) in [6.07, 6.45) is 7.04. The fourth-order valence-electron chi connectivity index (χ4n) is 9.39. The van der Waals surface area contributed by atoms with Crippen LogP contribution < -0.4 is 15.0 Å². The van der Waals surface area contributed by atoms with Crippen molar-refractivity contribution in [2.45, 2.75) is 58.9 Å². The van der Waals surface area contributed by atoms with Crippen LogP contribution in [-0.2, 0) is 23.9 Å². The number of fused-ring (bicyclic) bond motifs is 5. The number of hydrogen-bond acceptors (Lipinski definition) is 7. The molecule has 4 heterocycles. The van der Waals surface area contributed by atoms with Crippen molar-refractivity contribution >= 4 is 63.5 Å². The van der Waals surface area contributed by atoms with Gasteiger partial charge in [0.25, 0.3) is 0 Å². The van der Waals surface area contributed by atoms with Crippen molar-refractivity contribution < 1.29 is 28.7 Å². The highest BCUT2D eigenvalue weighted by molar-refractivity contribution is 6.19. The van der Waals surface area contributed by atoms with Gasteiger partial charge in [-0.2, -0.15) is 0 Å². The first-order chi connectivity index (χ1) is 22.4. The molecule has 2 bridgehead atoms. The molecule has 0 radical (unpaired) electrons. The van der Waals surface area contributed by atoms with Gasteiger partial charge in [0, 0.05) is 85.9 Å². The summed E-state index contributed by atoms with van der Waals surface area (Å²) in [6, 6.07) is 1.56. The molecule has 47 heavy (non-hydrogen) atoms. The highest BCUT2D eigenvalue weighted by Crippen LogP contribution is 2.75. The van der Waals surface area contributed by atoms with E-state index in [1.807, 2.05) is 37.2 Å². The summed E-state index contributed by atoms with van der Waals surface area (Å²) >= 11 is 13.0. The lowest BCUT2D eigenvalue weighted by Crippen LogP contribution is -2.72. The number of halogens is 2. The molecular formula is C35H36Cl2N4O6. The number of alkyl halides is 2. The van der Waals surface area contributed by atoms with Crippen LogP contribution in [0.15, 0.2) is 47.1 Å². The number of allylic oxidation sites excluding steroid dienone is 1. The zero-order valence-corrected chi connectivity index (χ0v) is 28.2. The molecule has 3 fully saturated rings. The van der Waals surface area contributed by atoms with Crippen LogP contribution in [0.5, 0.6) is 5.75 Å². The van der Waals surface area contributed by atoms with Crippen molar-refractivity contribution in [3.63, 3.8) is 0 Å². The van der Waals surface area contributed by atoms with E-state index in [1.165, 1.54) is 13.8 Å². The summed E-state index contributed by atoms with van der Waals surface area (Å²) in [5.41, 5.74) is 5.10. The molecule has 1 aromatic carbocycles. The summed E-state index contributed by atoms with van der Waals surface area (Å²) in [7, 11) is 0. The minimum Gasteiger partial charge on any atom is -0.429 e. The Balaban J connectivity index is 1.08. The number of nitrogens with zero attached hydrogens (tertiary/aromatic N) is 2. The van der Waals surface area contributed by atoms with Crippen molar-refractivity contribution in [3.8, 4) is 5.75 Å².